The molecule has 2 rings (SSSR count). The van der Waals surface area contributed by atoms with E-state index in [4.69, 9.17) is 4.74 Å². The summed E-state index contributed by atoms with van der Waals surface area (Å²) in [5, 5.41) is 0. The molecule has 0 fully saturated rings. The normalized spacial score (nSPS) is 10.4. The van der Waals surface area contributed by atoms with Gasteiger partial charge in [-0.3, -0.25) is 0 Å². The van der Waals surface area contributed by atoms with Gasteiger partial charge < -0.3 is 9.46 Å². The van der Waals surface area contributed by atoms with Gasteiger partial charge in [0.2, 0.25) is 0 Å². The average molecular weight is 285 g/mol. The second-order valence-electron chi connectivity index (χ2n) is 3.71. The molecule has 0 aliphatic carbocycles. The molecule has 0 saturated carbocycles. The number of hydrogen-bond acceptors (Lipinski definition) is 3. The van der Waals surface area contributed by atoms with Crippen LogP contribution in [0.1, 0.15) is 0 Å². The van der Waals surface area contributed by atoms with Crippen molar-refractivity contribution in [2.45, 2.75) is 0 Å². The molecule has 4 nitrogen and oxygen atoms in total. The van der Waals surface area contributed by atoms with Crippen molar-refractivity contribution in [3.05, 3.63) is 59.3 Å². The van der Waals surface area contributed by atoms with E-state index in [1.165, 1.54) is 0 Å². The SMILES string of the molecule is CS(=O)(=O)[N-]c1ccccc1Oc1ccccc1.[Na+]. The van der Waals surface area contributed by atoms with Gasteiger partial charge in [0, 0.05) is 6.26 Å². The van der Waals surface area contributed by atoms with Crippen molar-refractivity contribution < 1.29 is 42.7 Å². The average Bonchev–Trinajstić information content (AvgIpc) is 2.31. The van der Waals surface area contributed by atoms with Gasteiger partial charge in [0.25, 0.3) is 0 Å². The van der Waals surface area contributed by atoms with E-state index in [1.54, 1.807) is 36.4 Å². The molecular weight excluding hydrogens is 273 g/mol. The van der Waals surface area contributed by atoms with E-state index in [2.05, 4.69) is 4.72 Å². The molecule has 0 atom stereocenters. The Morgan fingerprint density at radius 1 is 0.947 bits per heavy atom. The van der Waals surface area contributed by atoms with Crippen LogP contribution in [0.5, 0.6) is 11.5 Å². The zero-order chi connectivity index (χ0) is 13.0. The largest absolute Gasteiger partial charge is 1.00 e. The standard InChI is InChI=1S/C13H12NO3S.Na/c1-18(15,16)14-12-9-5-6-10-13(12)17-11-7-3-2-4-8-11;/h2-10H,1H3;/q-1;+1. The summed E-state index contributed by atoms with van der Waals surface area (Å²) in [6.07, 6.45) is 1.05. The smallest absolute Gasteiger partial charge is 0.574 e. The van der Waals surface area contributed by atoms with Crippen molar-refractivity contribution in [3.63, 3.8) is 0 Å². The van der Waals surface area contributed by atoms with Crippen molar-refractivity contribution in [3.8, 4) is 11.5 Å². The molecule has 94 valence electrons. The fourth-order valence-electron chi connectivity index (χ4n) is 1.41. The van der Waals surface area contributed by atoms with Crippen LogP contribution in [-0.2, 0) is 10.0 Å². The van der Waals surface area contributed by atoms with E-state index < -0.39 is 10.0 Å². The van der Waals surface area contributed by atoms with Gasteiger partial charge in [-0.25, -0.2) is 8.42 Å². The molecule has 0 heterocycles. The first-order valence-corrected chi connectivity index (χ1v) is 7.14. The third-order valence-corrected chi connectivity index (χ3v) is 2.63. The van der Waals surface area contributed by atoms with Crippen LogP contribution >= 0.6 is 0 Å². The molecule has 19 heavy (non-hydrogen) atoms. The van der Waals surface area contributed by atoms with E-state index in [0.717, 1.165) is 6.26 Å². The number of sulfonamides is 1. The Bertz CT molecular complexity index is 629. The van der Waals surface area contributed by atoms with Crippen LogP contribution in [0.3, 0.4) is 0 Å². The van der Waals surface area contributed by atoms with Gasteiger partial charge in [0.15, 0.2) is 0 Å². The fourth-order valence-corrected chi connectivity index (χ4v) is 1.92. The van der Waals surface area contributed by atoms with Crippen LogP contribution in [0.25, 0.3) is 4.72 Å². The molecule has 0 spiro atoms. The van der Waals surface area contributed by atoms with Crippen LogP contribution in [0.2, 0.25) is 0 Å². The molecule has 6 heteroatoms. The Balaban J connectivity index is 0.00000180. The Kier molecular flexibility index (Phi) is 5.87. The summed E-state index contributed by atoms with van der Waals surface area (Å²) < 4.78 is 31.6. The number of hydrogen-bond donors (Lipinski definition) is 0. The third kappa shape index (κ3) is 5.24. The summed E-state index contributed by atoms with van der Waals surface area (Å²) in [7, 11) is -3.45. The number of ether oxygens (including phenoxy) is 1. The Morgan fingerprint density at radius 3 is 2.16 bits per heavy atom. The number of para-hydroxylation sites is 2. The van der Waals surface area contributed by atoms with E-state index in [0.29, 0.717) is 17.2 Å². The molecule has 0 saturated heterocycles. The van der Waals surface area contributed by atoms with E-state index in [1.807, 2.05) is 18.2 Å². The molecule has 2 aromatic carbocycles. The van der Waals surface area contributed by atoms with Crippen molar-refractivity contribution in [1.29, 1.82) is 0 Å². The zero-order valence-corrected chi connectivity index (χ0v) is 13.6. The zero-order valence-electron chi connectivity index (χ0n) is 10.8. The molecule has 0 aliphatic heterocycles. The fraction of sp³-hybridized carbons (Fsp3) is 0.0769. The summed E-state index contributed by atoms with van der Waals surface area (Å²) in [5.74, 6) is 1.04. The Morgan fingerprint density at radius 2 is 1.53 bits per heavy atom. The predicted octanol–water partition coefficient (Wildman–Crippen LogP) is 0.448. The monoisotopic (exact) mass is 285 g/mol. The number of rotatable bonds is 4. The third-order valence-electron chi connectivity index (χ3n) is 2.10. The Labute approximate surface area is 135 Å². The van der Waals surface area contributed by atoms with Gasteiger partial charge in [-0.05, 0) is 18.2 Å². The first-order valence-electron chi connectivity index (χ1n) is 5.29. The van der Waals surface area contributed by atoms with Crippen molar-refractivity contribution in [1.82, 2.24) is 0 Å². The van der Waals surface area contributed by atoms with Crippen molar-refractivity contribution >= 4 is 15.7 Å². The molecule has 0 aromatic heterocycles. The molecule has 0 N–H and O–H groups in total. The maximum absolute atomic E-state index is 11.2. The first-order chi connectivity index (χ1) is 8.54. The molecule has 0 amide bonds. The molecule has 2 aromatic rings. The van der Waals surface area contributed by atoms with E-state index in [9.17, 15) is 8.42 Å². The van der Waals surface area contributed by atoms with Gasteiger partial charge in [0.1, 0.15) is 11.5 Å². The summed E-state index contributed by atoms with van der Waals surface area (Å²) in [6, 6.07) is 15.9. The minimum atomic E-state index is -3.45. The molecular formula is C13H12NNaO3S. The number of nitrogens with zero attached hydrogens (tertiary/aromatic N) is 1. The topological polar surface area (TPSA) is 57.5 Å². The summed E-state index contributed by atoms with van der Waals surface area (Å²) in [4.78, 5) is 0. The second-order valence-corrected chi connectivity index (χ2v) is 5.36. The maximum Gasteiger partial charge on any atom is 1.00 e. The van der Waals surface area contributed by atoms with Crippen LogP contribution in [-0.4, -0.2) is 14.7 Å². The number of benzene rings is 2. The minimum absolute atomic E-state index is 0. The van der Waals surface area contributed by atoms with Crippen molar-refractivity contribution in [2.75, 3.05) is 6.26 Å². The predicted molar refractivity (Wildman–Crippen MR) is 70.8 cm³/mol. The molecule has 0 radical (unpaired) electrons. The molecule has 0 bridgehead atoms. The quantitative estimate of drug-likeness (QED) is 0.766. The van der Waals surface area contributed by atoms with Gasteiger partial charge >= 0.3 is 29.6 Å². The summed E-state index contributed by atoms with van der Waals surface area (Å²) >= 11 is 0. The summed E-state index contributed by atoms with van der Waals surface area (Å²) in [5.41, 5.74) is 0.295. The molecule has 0 unspecified atom stereocenters. The first kappa shape index (κ1) is 16.0. The van der Waals surface area contributed by atoms with Gasteiger partial charge in [0.05, 0.1) is 10.0 Å². The minimum Gasteiger partial charge on any atom is -0.574 e. The Hall–Kier alpha value is -1.01. The second kappa shape index (κ2) is 6.96. The maximum atomic E-state index is 11.2. The van der Waals surface area contributed by atoms with E-state index >= 15 is 0 Å². The molecule has 0 aliphatic rings. The van der Waals surface area contributed by atoms with Crippen LogP contribution in [0.4, 0.5) is 5.69 Å². The van der Waals surface area contributed by atoms with Crippen LogP contribution < -0.4 is 34.3 Å². The van der Waals surface area contributed by atoms with Crippen LogP contribution in [0, 0.1) is 0 Å². The van der Waals surface area contributed by atoms with Gasteiger partial charge in [-0.15, -0.1) is 0 Å². The van der Waals surface area contributed by atoms with E-state index in [-0.39, 0.29) is 29.6 Å². The van der Waals surface area contributed by atoms with Crippen LogP contribution in [0.15, 0.2) is 54.6 Å². The van der Waals surface area contributed by atoms with Gasteiger partial charge in [-0.2, -0.15) is 0 Å². The summed E-state index contributed by atoms with van der Waals surface area (Å²) in [6.45, 7) is 0. The van der Waals surface area contributed by atoms with Gasteiger partial charge in [-0.1, -0.05) is 42.1 Å². The van der Waals surface area contributed by atoms with Crippen molar-refractivity contribution in [2.24, 2.45) is 0 Å².